The van der Waals surface area contributed by atoms with Crippen molar-refractivity contribution in [2.75, 3.05) is 0 Å². The first-order chi connectivity index (χ1) is 30.8. The molecule has 13 rings (SSSR count). The van der Waals surface area contributed by atoms with E-state index >= 15 is 0 Å². The van der Waals surface area contributed by atoms with Crippen molar-refractivity contribution >= 4 is 75.9 Å². The van der Waals surface area contributed by atoms with E-state index in [0.717, 1.165) is 0 Å². The van der Waals surface area contributed by atoms with Gasteiger partial charge in [-0.1, -0.05) is 176 Å². The topological polar surface area (TPSA) is 9.86 Å². The fourth-order valence-electron chi connectivity index (χ4n) is 10.4. The zero-order valence-corrected chi connectivity index (χ0v) is 33.8. The zero-order valence-electron chi connectivity index (χ0n) is 33.8. The molecule has 2 heterocycles. The van der Waals surface area contributed by atoms with E-state index in [1.54, 1.807) is 0 Å². The highest BCUT2D eigenvalue weighted by molar-refractivity contribution is 6.30. The molecule has 2 nitrogen and oxygen atoms in total. The number of rotatable bonds is 5. The Kier molecular flexibility index (Phi) is 7.64. The molecule has 0 aliphatic rings. The summed E-state index contributed by atoms with van der Waals surface area (Å²) in [5.41, 5.74) is 14.5. The van der Waals surface area contributed by atoms with Gasteiger partial charge in [0.05, 0.1) is 27.8 Å². The average Bonchev–Trinajstić information content (AvgIpc) is 3.86. The molecule has 0 aliphatic carbocycles. The van der Waals surface area contributed by atoms with Crippen molar-refractivity contribution in [1.82, 2.24) is 9.13 Å². The molecule has 11 aromatic carbocycles. The van der Waals surface area contributed by atoms with Gasteiger partial charge in [-0.2, -0.15) is 0 Å². The maximum Gasteiger partial charge on any atom is 0.0547 e. The molecule has 0 bridgehead atoms. The fourth-order valence-corrected chi connectivity index (χ4v) is 10.4. The summed E-state index contributed by atoms with van der Waals surface area (Å²) >= 11 is 0. The predicted molar refractivity (Wildman–Crippen MR) is 264 cm³/mol. The minimum Gasteiger partial charge on any atom is -0.309 e. The number of aromatic nitrogens is 2. The van der Waals surface area contributed by atoms with Crippen LogP contribution in [-0.2, 0) is 0 Å². The number of fused-ring (bicyclic) bond motifs is 12. The lowest BCUT2D eigenvalue weighted by atomic mass is 9.88. The van der Waals surface area contributed by atoms with Crippen LogP contribution in [0.2, 0.25) is 0 Å². The van der Waals surface area contributed by atoms with Crippen LogP contribution in [0.4, 0.5) is 0 Å². The first-order valence-corrected chi connectivity index (χ1v) is 21.4. The molecule has 0 atom stereocenters. The zero-order chi connectivity index (χ0) is 40.7. The third-order valence-corrected chi connectivity index (χ3v) is 13.1. The quantitative estimate of drug-likeness (QED) is 0.154. The van der Waals surface area contributed by atoms with E-state index in [2.05, 4.69) is 240 Å². The molecule has 0 unspecified atom stereocenters. The molecule has 13 aromatic rings. The van der Waals surface area contributed by atoms with Crippen molar-refractivity contribution in [3.05, 3.63) is 231 Å². The SMILES string of the molecule is c1ccc(-c2ccc(-c3cccc4c5cccc(-n6c7ccccc7c7cc(-c8ccc9c(c8)c8ccccc8n9-c8ccccc8)ccc76)c5c5ccccc5c34)cc2)cc1. The minimum absolute atomic E-state index is 1.17. The Hall–Kier alpha value is -8.20. The van der Waals surface area contributed by atoms with Gasteiger partial charge in [0.2, 0.25) is 0 Å². The van der Waals surface area contributed by atoms with Gasteiger partial charge in [-0.3, -0.25) is 0 Å². The molecule has 0 aliphatic heterocycles. The Morgan fingerprint density at radius 3 is 1.27 bits per heavy atom. The summed E-state index contributed by atoms with van der Waals surface area (Å²) in [6.45, 7) is 0. The smallest absolute Gasteiger partial charge is 0.0547 e. The van der Waals surface area contributed by atoms with Gasteiger partial charge in [0.1, 0.15) is 0 Å². The number of nitrogens with zero attached hydrogens (tertiary/aromatic N) is 2. The summed E-state index contributed by atoms with van der Waals surface area (Å²) < 4.78 is 4.88. The first-order valence-electron chi connectivity index (χ1n) is 21.4. The van der Waals surface area contributed by atoms with Crippen molar-refractivity contribution in [1.29, 1.82) is 0 Å². The third kappa shape index (κ3) is 5.17. The number of benzene rings is 11. The van der Waals surface area contributed by atoms with Crippen LogP contribution in [-0.4, -0.2) is 9.13 Å². The Labute approximate surface area is 358 Å². The van der Waals surface area contributed by atoms with Gasteiger partial charge in [-0.15, -0.1) is 0 Å². The van der Waals surface area contributed by atoms with Crippen LogP contribution in [0.3, 0.4) is 0 Å². The van der Waals surface area contributed by atoms with Crippen LogP contribution in [0.1, 0.15) is 0 Å². The van der Waals surface area contributed by atoms with Gasteiger partial charge >= 0.3 is 0 Å². The van der Waals surface area contributed by atoms with Crippen molar-refractivity contribution in [3.63, 3.8) is 0 Å². The summed E-state index contributed by atoms with van der Waals surface area (Å²) in [6, 6.07) is 84.7. The molecule has 0 spiro atoms. The van der Waals surface area contributed by atoms with Gasteiger partial charge in [0.15, 0.2) is 0 Å². The highest BCUT2D eigenvalue weighted by atomic mass is 15.0. The van der Waals surface area contributed by atoms with Gasteiger partial charge < -0.3 is 9.13 Å². The maximum atomic E-state index is 2.50. The second kappa shape index (κ2) is 13.7. The van der Waals surface area contributed by atoms with E-state index < -0.39 is 0 Å². The molecular weight excluding hydrogens is 749 g/mol. The molecule has 0 radical (unpaired) electrons. The molecule has 0 fully saturated rings. The number of hydrogen-bond acceptors (Lipinski definition) is 0. The standard InChI is InChI=1S/C60H38N2/c1-3-15-39(16-4-1)40-29-31-41(32-30-40)45-23-13-24-49-51-25-14-28-58(60(51)50-22-8-7-21-48(50)59(45)49)62-55-27-12-10-20-47(55)53-38-43(34-36-57(53)62)42-33-35-56-52(37-42)46-19-9-11-26-54(46)61(56)44-17-5-2-6-18-44/h1-38H. The third-order valence-electron chi connectivity index (χ3n) is 13.1. The van der Waals surface area contributed by atoms with E-state index in [-0.39, 0.29) is 0 Å². The highest BCUT2D eigenvalue weighted by Crippen LogP contribution is 2.45. The van der Waals surface area contributed by atoms with Gasteiger partial charge in [0.25, 0.3) is 0 Å². The van der Waals surface area contributed by atoms with Gasteiger partial charge in [-0.05, 0) is 115 Å². The molecule has 288 valence electrons. The summed E-state index contributed by atoms with van der Waals surface area (Å²) in [5.74, 6) is 0. The van der Waals surface area contributed by atoms with Gasteiger partial charge in [-0.25, -0.2) is 0 Å². The summed E-state index contributed by atoms with van der Waals surface area (Å²) in [7, 11) is 0. The molecule has 2 aromatic heterocycles. The fraction of sp³-hybridized carbons (Fsp3) is 0. The van der Waals surface area contributed by atoms with Crippen LogP contribution in [0.25, 0.3) is 121 Å². The molecule has 0 amide bonds. The van der Waals surface area contributed by atoms with Crippen molar-refractivity contribution in [2.45, 2.75) is 0 Å². The molecule has 2 heteroatoms. The first kappa shape index (κ1) is 34.6. The summed E-state index contributed by atoms with van der Waals surface area (Å²) in [6.07, 6.45) is 0. The normalized spacial score (nSPS) is 11.9. The van der Waals surface area contributed by atoms with E-state index in [1.807, 2.05) is 0 Å². The highest BCUT2D eigenvalue weighted by Gasteiger charge is 2.20. The van der Waals surface area contributed by atoms with Crippen LogP contribution < -0.4 is 0 Å². The van der Waals surface area contributed by atoms with E-state index in [0.29, 0.717) is 0 Å². The lowest BCUT2D eigenvalue weighted by Gasteiger charge is -2.18. The van der Waals surface area contributed by atoms with Crippen molar-refractivity contribution in [3.8, 4) is 44.8 Å². The molecule has 62 heavy (non-hydrogen) atoms. The van der Waals surface area contributed by atoms with Crippen LogP contribution in [0.5, 0.6) is 0 Å². The largest absolute Gasteiger partial charge is 0.309 e. The number of para-hydroxylation sites is 3. The van der Waals surface area contributed by atoms with Crippen molar-refractivity contribution < 1.29 is 0 Å². The maximum absolute atomic E-state index is 2.50. The van der Waals surface area contributed by atoms with E-state index in [9.17, 15) is 0 Å². The second-order valence-electron chi connectivity index (χ2n) is 16.4. The molecular formula is C60H38N2. The predicted octanol–water partition coefficient (Wildman–Crippen LogP) is 16.3. The Balaban J connectivity index is 1.00. The van der Waals surface area contributed by atoms with Crippen LogP contribution in [0.15, 0.2) is 231 Å². The number of hydrogen-bond donors (Lipinski definition) is 0. The molecule has 0 saturated heterocycles. The van der Waals surface area contributed by atoms with Crippen LogP contribution in [0, 0.1) is 0 Å². The average molecular weight is 787 g/mol. The monoisotopic (exact) mass is 786 g/mol. The summed E-state index contributed by atoms with van der Waals surface area (Å²) in [5, 5.41) is 12.6. The minimum atomic E-state index is 1.17. The van der Waals surface area contributed by atoms with Crippen LogP contribution >= 0.6 is 0 Å². The molecule has 0 N–H and O–H groups in total. The second-order valence-corrected chi connectivity index (χ2v) is 16.4. The summed E-state index contributed by atoms with van der Waals surface area (Å²) in [4.78, 5) is 0. The van der Waals surface area contributed by atoms with E-state index in [4.69, 9.17) is 0 Å². The van der Waals surface area contributed by atoms with E-state index in [1.165, 1.54) is 121 Å². The lowest BCUT2D eigenvalue weighted by Crippen LogP contribution is -1.97. The Morgan fingerprint density at radius 2 is 0.645 bits per heavy atom. The Bertz CT molecular complexity index is 3850. The Morgan fingerprint density at radius 1 is 0.226 bits per heavy atom. The van der Waals surface area contributed by atoms with Crippen molar-refractivity contribution in [2.24, 2.45) is 0 Å². The lowest BCUT2D eigenvalue weighted by molar-refractivity contribution is 1.18. The van der Waals surface area contributed by atoms with Gasteiger partial charge in [0, 0.05) is 32.6 Å². The molecule has 0 saturated carbocycles.